The first-order valence-corrected chi connectivity index (χ1v) is 9.41. The molecule has 0 amide bonds. The number of carbonyl (C=O) groups is 1. The Labute approximate surface area is 156 Å². The van der Waals surface area contributed by atoms with Gasteiger partial charge in [-0.15, -0.1) is 6.58 Å². The van der Waals surface area contributed by atoms with Crippen molar-refractivity contribution in [1.82, 2.24) is 0 Å². The highest BCUT2D eigenvalue weighted by Gasteiger charge is 2.31. The Hall–Kier alpha value is -2.55. The first-order chi connectivity index (χ1) is 12.7. The maximum Gasteiger partial charge on any atom is 0.307 e. The standard InChI is InChI=1S/C23H27NO2/c1-2-16-24(20-8-4-3-5-9-20)17-18-12-14-19(15-13-18)21-10-6-7-11-22(21)23(25)26/h2-5,8-9,12-15,21-22H,1,6-7,10-11,16-17H2,(H,25,26)/t21-,22+/m1/s1. The lowest BCUT2D eigenvalue weighted by Crippen LogP contribution is -2.25. The average Bonchev–Trinajstić information content (AvgIpc) is 2.69. The zero-order chi connectivity index (χ0) is 18.4. The minimum atomic E-state index is -0.653. The maximum atomic E-state index is 11.6. The van der Waals surface area contributed by atoms with Gasteiger partial charge >= 0.3 is 5.97 Å². The normalized spacial score (nSPS) is 19.7. The summed E-state index contributed by atoms with van der Waals surface area (Å²) in [5.74, 6) is -0.745. The van der Waals surface area contributed by atoms with Crippen LogP contribution in [-0.4, -0.2) is 17.6 Å². The second-order valence-corrected chi connectivity index (χ2v) is 7.08. The van der Waals surface area contributed by atoms with Crippen LogP contribution in [0.3, 0.4) is 0 Å². The summed E-state index contributed by atoms with van der Waals surface area (Å²) in [6, 6.07) is 18.9. The van der Waals surface area contributed by atoms with Crippen LogP contribution in [-0.2, 0) is 11.3 Å². The molecule has 0 aliphatic heterocycles. The molecule has 136 valence electrons. The Bertz CT molecular complexity index is 724. The number of hydrogen-bond acceptors (Lipinski definition) is 2. The van der Waals surface area contributed by atoms with Gasteiger partial charge in [-0.3, -0.25) is 4.79 Å². The molecule has 3 heteroatoms. The molecule has 2 atom stereocenters. The van der Waals surface area contributed by atoms with Gasteiger partial charge < -0.3 is 10.0 Å². The van der Waals surface area contributed by atoms with Crippen LogP contribution in [0.15, 0.2) is 67.3 Å². The Morgan fingerprint density at radius 3 is 2.42 bits per heavy atom. The van der Waals surface area contributed by atoms with Crippen molar-refractivity contribution in [3.05, 3.63) is 78.4 Å². The number of benzene rings is 2. The molecule has 3 rings (SSSR count). The van der Waals surface area contributed by atoms with E-state index in [1.807, 2.05) is 24.3 Å². The molecule has 0 radical (unpaired) electrons. The molecule has 1 fully saturated rings. The van der Waals surface area contributed by atoms with Crippen molar-refractivity contribution in [1.29, 1.82) is 0 Å². The first-order valence-electron chi connectivity index (χ1n) is 9.41. The third-order valence-electron chi connectivity index (χ3n) is 5.34. The van der Waals surface area contributed by atoms with E-state index in [1.54, 1.807) is 0 Å². The summed E-state index contributed by atoms with van der Waals surface area (Å²) in [5.41, 5.74) is 3.56. The molecule has 2 aromatic rings. The highest BCUT2D eigenvalue weighted by molar-refractivity contribution is 5.71. The number of carboxylic acid groups (broad SMARTS) is 1. The summed E-state index contributed by atoms with van der Waals surface area (Å²) >= 11 is 0. The van der Waals surface area contributed by atoms with Gasteiger partial charge in [0.25, 0.3) is 0 Å². The zero-order valence-electron chi connectivity index (χ0n) is 15.2. The van der Waals surface area contributed by atoms with Gasteiger partial charge in [0.2, 0.25) is 0 Å². The van der Waals surface area contributed by atoms with Crippen LogP contribution in [0.4, 0.5) is 5.69 Å². The SMILES string of the molecule is C=CCN(Cc1ccc([C@H]2CCCC[C@@H]2C(=O)O)cc1)c1ccccc1. The second-order valence-electron chi connectivity index (χ2n) is 7.08. The van der Waals surface area contributed by atoms with E-state index in [9.17, 15) is 9.90 Å². The van der Waals surface area contributed by atoms with Gasteiger partial charge in [-0.25, -0.2) is 0 Å². The minimum absolute atomic E-state index is 0.147. The van der Waals surface area contributed by atoms with E-state index in [0.717, 1.165) is 44.3 Å². The summed E-state index contributed by atoms with van der Waals surface area (Å²) < 4.78 is 0. The third-order valence-corrected chi connectivity index (χ3v) is 5.34. The number of carboxylic acids is 1. The zero-order valence-corrected chi connectivity index (χ0v) is 15.2. The van der Waals surface area contributed by atoms with Crippen LogP contribution in [0.25, 0.3) is 0 Å². The molecule has 1 saturated carbocycles. The second kappa shape index (κ2) is 8.70. The van der Waals surface area contributed by atoms with E-state index in [1.165, 1.54) is 11.3 Å². The Kier molecular flexibility index (Phi) is 6.11. The molecule has 1 aliphatic carbocycles. The van der Waals surface area contributed by atoms with Gasteiger partial charge in [-0.1, -0.05) is 61.4 Å². The highest BCUT2D eigenvalue weighted by atomic mass is 16.4. The maximum absolute atomic E-state index is 11.6. The van der Waals surface area contributed by atoms with E-state index in [0.29, 0.717) is 0 Å². The average molecular weight is 349 g/mol. The van der Waals surface area contributed by atoms with Gasteiger partial charge in [0.05, 0.1) is 5.92 Å². The van der Waals surface area contributed by atoms with Crippen molar-refractivity contribution in [3.63, 3.8) is 0 Å². The molecular formula is C23H27NO2. The summed E-state index contributed by atoms with van der Waals surface area (Å²) in [7, 11) is 0. The molecule has 0 spiro atoms. The lowest BCUT2D eigenvalue weighted by atomic mass is 9.75. The van der Waals surface area contributed by atoms with E-state index in [-0.39, 0.29) is 11.8 Å². The largest absolute Gasteiger partial charge is 0.481 e. The molecule has 1 aliphatic rings. The van der Waals surface area contributed by atoms with Crippen LogP contribution in [0.5, 0.6) is 0 Å². The van der Waals surface area contributed by atoms with Crippen LogP contribution in [0.1, 0.15) is 42.7 Å². The van der Waals surface area contributed by atoms with Gasteiger partial charge in [0, 0.05) is 18.8 Å². The van der Waals surface area contributed by atoms with Crippen LogP contribution in [0.2, 0.25) is 0 Å². The molecule has 0 saturated heterocycles. The monoisotopic (exact) mass is 349 g/mol. The van der Waals surface area contributed by atoms with Crippen molar-refractivity contribution >= 4 is 11.7 Å². The molecular weight excluding hydrogens is 322 g/mol. The lowest BCUT2D eigenvalue weighted by molar-refractivity contribution is -0.143. The Morgan fingerprint density at radius 2 is 1.77 bits per heavy atom. The van der Waals surface area contributed by atoms with Gasteiger partial charge in [-0.05, 0) is 42.0 Å². The third kappa shape index (κ3) is 4.34. The Morgan fingerprint density at radius 1 is 1.08 bits per heavy atom. The van der Waals surface area contributed by atoms with Gasteiger partial charge in [-0.2, -0.15) is 0 Å². The van der Waals surface area contributed by atoms with E-state index >= 15 is 0 Å². The van der Waals surface area contributed by atoms with E-state index < -0.39 is 5.97 Å². The molecule has 0 aromatic heterocycles. The lowest BCUT2D eigenvalue weighted by Gasteiger charge is -2.29. The van der Waals surface area contributed by atoms with Crippen molar-refractivity contribution < 1.29 is 9.90 Å². The van der Waals surface area contributed by atoms with Crippen molar-refractivity contribution in [2.24, 2.45) is 5.92 Å². The molecule has 26 heavy (non-hydrogen) atoms. The quantitative estimate of drug-likeness (QED) is 0.695. The van der Waals surface area contributed by atoms with Gasteiger partial charge in [0.1, 0.15) is 0 Å². The number of para-hydroxylation sites is 1. The Balaban J connectivity index is 1.74. The minimum Gasteiger partial charge on any atom is -0.481 e. The molecule has 3 nitrogen and oxygen atoms in total. The summed E-state index contributed by atoms with van der Waals surface area (Å²) in [5, 5.41) is 9.51. The van der Waals surface area contributed by atoms with Crippen LogP contribution in [0, 0.1) is 5.92 Å². The first kappa shape index (κ1) is 18.2. The highest BCUT2D eigenvalue weighted by Crippen LogP contribution is 2.38. The number of nitrogens with zero attached hydrogens (tertiary/aromatic N) is 1. The number of rotatable bonds is 7. The molecule has 2 aromatic carbocycles. The number of anilines is 1. The molecule has 0 bridgehead atoms. The number of hydrogen-bond donors (Lipinski definition) is 1. The fourth-order valence-corrected chi connectivity index (χ4v) is 3.97. The van der Waals surface area contributed by atoms with Crippen molar-refractivity contribution in [2.45, 2.75) is 38.1 Å². The molecule has 1 N–H and O–H groups in total. The predicted octanol–water partition coefficient (Wildman–Crippen LogP) is 5.24. The molecule has 0 heterocycles. The molecule has 0 unspecified atom stereocenters. The summed E-state index contributed by atoms with van der Waals surface area (Å²) in [6.45, 7) is 5.47. The van der Waals surface area contributed by atoms with E-state index in [4.69, 9.17) is 0 Å². The summed E-state index contributed by atoms with van der Waals surface area (Å²) in [4.78, 5) is 13.8. The van der Waals surface area contributed by atoms with E-state index in [2.05, 4.69) is 47.9 Å². The topological polar surface area (TPSA) is 40.5 Å². The predicted molar refractivity (Wildman–Crippen MR) is 106 cm³/mol. The van der Waals surface area contributed by atoms with Crippen molar-refractivity contribution in [2.75, 3.05) is 11.4 Å². The fraction of sp³-hybridized carbons (Fsp3) is 0.348. The summed E-state index contributed by atoms with van der Waals surface area (Å²) in [6.07, 6.45) is 5.84. The van der Waals surface area contributed by atoms with Crippen LogP contribution >= 0.6 is 0 Å². The fourth-order valence-electron chi connectivity index (χ4n) is 3.97. The smallest absolute Gasteiger partial charge is 0.307 e. The van der Waals surface area contributed by atoms with Crippen molar-refractivity contribution in [3.8, 4) is 0 Å². The van der Waals surface area contributed by atoms with Crippen LogP contribution < -0.4 is 4.90 Å². The van der Waals surface area contributed by atoms with Gasteiger partial charge in [0.15, 0.2) is 0 Å². The number of aliphatic carboxylic acids is 1.